The number of hydrogen-bond donors (Lipinski definition) is 0. The number of fused-ring (bicyclic) bond motifs is 1. The average Bonchev–Trinajstić information content (AvgIpc) is 3.06. The standard InChI is InChI=1S/C26H29NO4/c1-2-3-7-15-31-26(30)20-11-8-12-21(16-20)27-24(28)22-14-13-19(17-23(22)25(27)29)18-9-5-4-6-10-18/h4-6,8-12,16,19,22-23H,2-3,7,13-15,17H2,1H3. The van der Waals surface area contributed by atoms with Gasteiger partial charge in [-0.3, -0.25) is 14.5 Å². The van der Waals surface area contributed by atoms with Gasteiger partial charge in [0.25, 0.3) is 0 Å². The Morgan fingerprint density at radius 2 is 1.74 bits per heavy atom. The van der Waals surface area contributed by atoms with Crippen molar-refractivity contribution in [2.24, 2.45) is 11.8 Å². The fraction of sp³-hybridized carbons (Fsp3) is 0.423. The summed E-state index contributed by atoms with van der Waals surface area (Å²) in [6.45, 7) is 2.47. The van der Waals surface area contributed by atoms with Crippen LogP contribution in [-0.2, 0) is 14.3 Å². The van der Waals surface area contributed by atoms with Crippen LogP contribution in [0.25, 0.3) is 0 Å². The number of esters is 1. The third-order valence-electron chi connectivity index (χ3n) is 6.52. The monoisotopic (exact) mass is 419 g/mol. The molecule has 0 spiro atoms. The number of nitrogens with zero attached hydrogens (tertiary/aromatic N) is 1. The SMILES string of the molecule is CCCCCOC(=O)c1cccc(N2C(=O)C3CCC(c4ccccc4)CC3C2=O)c1. The van der Waals surface area contributed by atoms with E-state index in [0.29, 0.717) is 36.6 Å². The molecule has 31 heavy (non-hydrogen) atoms. The van der Waals surface area contributed by atoms with Gasteiger partial charge in [0.1, 0.15) is 0 Å². The molecule has 162 valence electrons. The van der Waals surface area contributed by atoms with Crippen molar-refractivity contribution in [1.29, 1.82) is 0 Å². The van der Waals surface area contributed by atoms with Gasteiger partial charge >= 0.3 is 5.97 Å². The van der Waals surface area contributed by atoms with Gasteiger partial charge in [-0.05, 0) is 55.4 Å². The zero-order valence-electron chi connectivity index (χ0n) is 18.0. The molecule has 0 bridgehead atoms. The van der Waals surface area contributed by atoms with Crippen LogP contribution >= 0.6 is 0 Å². The molecule has 2 aliphatic rings. The first-order valence-corrected chi connectivity index (χ1v) is 11.3. The highest BCUT2D eigenvalue weighted by Gasteiger charge is 2.50. The van der Waals surface area contributed by atoms with E-state index in [9.17, 15) is 14.4 Å². The molecule has 2 amide bonds. The summed E-state index contributed by atoms with van der Waals surface area (Å²) in [4.78, 5) is 40.0. The van der Waals surface area contributed by atoms with Gasteiger partial charge in [0.05, 0.1) is 29.7 Å². The molecule has 0 radical (unpaired) electrons. The maximum atomic E-state index is 13.2. The lowest BCUT2D eigenvalue weighted by molar-refractivity contribution is -0.122. The van der Waals surface area contributed by atoms with Crippen molar-refractivity contribution in [2.45, 2.75) is 51.4 Å². The van der Waals surface area contributed by atoms with Crippen LogP contribution in [0, 0.1) is 11.8 Å². The van der Waals surface area contributed by atoms with Crippen molar-refractivity contribution < 1.29 is 19.1 Å². The highest BCUT2D eigenvalue weighted by molar-refractivity contribution is 6.22. The molecule has 4 rings (SSSR count). The zero-order chi connectivity index (χ0) is 21.8. The van der Waals surface area contributed by atoms with Gasteiger partial charge in [0.2, 0.25) is 11.8 Å². The lowest BCUT2D eigenvalue weighted by Crippen LogP contribution is -2.31. The van der Waals surface area contributed by atoms with E-state index in [1.165, 1.54) is 10.5 Å². The predicted molar refractivity (Wildman–Crippen MR) is 119 cm³/mol. The number of carbonyl (C=O) groups excluding carboxylic acids is 3. The van der Waals surface area contributed by atoms with E-state index in [2.05, 4.69) is 19.1 Å². The van der Waals surface area contributed by atoms with E-state index in [1.54, 1.807) is 24.3 Å². The fourth-order valence-corrected chi connectivity index (χ4v) is 4.83. The molecule has 1 saturated carbocycles. The number of imide groups is 1. The minimum absolute atomic E-state index is 0.144. The van der Waals surface area contributed by atoms with Crippen LogP contribution in [0.5, 0.6) is 0 Å². The predicted octanol–water partition coefficient (Wildman–Crippen LogP) is 5.11. The zero-order valence-corrected chi connectivity index (χ0v) is 18.0. The summed E-state index contributed by atoms with van der Waals surface area (Å²) in [7, 11) is 0. The van der Waals surface area contributed by atoms with Crippen LogP contribution < -0.4 is 4.90 Å². The molecule has 1 saturated heterocycles. The normalized spacial score (nSPS) is 23.0. The first-order valence-electron chi connectivity index (χ1n) is 11.3. The number of carbonyl (C=O) groups is 3. The van der Waals surface area contributed by atoms with E-state index in [4.69, 9.17) is 4.74 Å². The Balaban J connectivity index is 1.49. The van der Waals surface area contributed by atoms with Crippen molar-refractivity contribution in [2.75, 3.05) is 11.5 Å². The number of benzene rings is 2. The van der Waals surface area contributed by atoms with E-state index >= 15 is 0 Å². The number of hydrogen-bond acceptors (Lipinski definition) is 4. The molecule has 5 nitrogen and oxygen atoms in total. The summed E-state index contributed by atoms with van der Waals surface area (Å²) < 4.78 is 5.33. The quantitative estimate of drug-likeness (QED) is 0.356. The van der Waals surface area contributed by atoms with Crippen molar-refractivity contribution in [3.8, 4) is 0 Å². The van der Waals surface area contributed by atoms with Gasteiger partial charge in [-0.1, -0.05) is 56.2 Å². The molecule has 1 aliphatic carbocycles. The van der Waals surface area contributed by atoms with Gasteiger partial charge in [-0.2, -0.15) is 0 Å². The van der Waals surface area contributed by atoms with Crippen molar-refractivity contribution in [3.05, 3.63) is 65.7 Å². The summed E-state index contributed by atoms with van der Waals surface area (Å²) >= 11 is 0. The smallest absolute Gasteiger partial charge is 0.338 e. The van der Waals surface area contributed by atoms with Crippen LogP contribution in [0.15, 0.2) is 54.6 Å². The lowest BCUT2D eigenvalue weighted by atomic mass is 9.73. The second-order valence-electron chi connectivity index (χ2n) is 8.54. The van der Waals surface area contributed by atoms with Gasteiger partial charge in [0.15, 0.2) is 0 Å². The van der Waals surface area contributed by atoms with Gasteiger partial charge < -0.3 is 4.74 Å². The van der Waals surface area contributed by atoms with Gasteiger partial charge in [-0.25, -0.2) is 4.79 Å². The molecule has 0 N–H and O–H groups in total. The molecule has 1 heterocycles. The highest BCUT2D eigenvalue weighted by Crippen LogP contribution is 2.45. The number of ether oxygens (including phenoxy) is 1. The first kappa shape index (κ1) is 21.3. The van der Waals surface area contributed by atoms with E-state index < -0.39 is 5.97 Å². The second kappa shape index (κ2) is 9.46. The molecule has 2 fully saturated rings. The lowest BCUT2D eigenvalue weighted by Gasteiger charge is -2.28. The van der Waals surface area contributed by atoms with Crippen molar-refractivity contribution in [1.82, 2.24) is 0 Å². The maximum Gasteiger partial charge on any atom is 0.338 e. The molecule has 2 aromatic rings. The van der Waals surface area contributed by atoms with Crippen LogP contribution in [0.3, 0.4) is 0 Å². The third-order valence-corrected chi connectivity index (χ3v) is 6.52. The Labute approximate surface area is 183 Å². The van der Waals surface area contributed by atoms with Crippen molar-refractivity contribution >= 4 is 23.5 Å². The summed E-state index contributed by atoms with van der Waals surface area (Å²) in [6, 6.07) is 16.9. The number of unbranched alkanes of at least 4 members (excludes halogenated alkanes) is 2. The number of anilines is 1. The number of amides is 2. The highest BCUT2D eigenvalue weighted by atomic mass is 16.5. The Morgan fingerprint density at radius 1 is 0.968 bits per heavy atom. The largest absolute Gasteiger partial charge is 0.462 e. The average molecular weight is 420 g/mol. The van der Waals surface area contributed by atoms with Gasteiger partial charge in [-0.15, -0.1) is 0 Å². The summed E-state index contributed by atoms with van der Waals surface area (Å²) in [5, 5.41) is 0. The Kier molecular flexibility index (Phi) is 6.50. The van der Waals surface area contributed by atoms with E-state index in [0.717, 1.165) is 25.7 Å². The maximum absolute atomic E-state index is 13.2. The fourth-order valence-electron chi connectivity index (χ4n) is 4.83. The van der Waals surface area contributed by atoms with E-state index in [1.807, 2.05) is 18.2 Å². The first-order chi connectivity index (χ1) is 15.1. The molecular formula is C26H29NO4. The number of rotatable bonds is 7. The Bertz CT molecular complexity index is 955. The minimum atomic E-state index is -0.418. The molecule has 2 aromatic carbocycles. The molecule has 3 atom stereocenters. The third kappa shape index (κ3) is 4.41. The van der Waals surface area contributed by atoms with Crippen molar-refractivity contribution in [3.63, 3.8) is 0 Å². The van der Waals surface area contributed by atoms with E-state index in [-0.39, 0.29) is 23.7 Å². The molecular weight excluding hydrogens is 390 g/mol. The molecule has 3 unspecified atom stereocenters. The van der Waals surface area contributed by atoms with Gasteiger partial charge in [0, 0.05) is 0 Å². The van der Waals surface area contributed by atoms with Crippen LogP contribution in [0.4, 0.5) is 5.69 Å². The van der Waals surface area contributed by atoms with Crippen LogP contribution in [0.2, 0.25) is 0 Å². The summed E-state index contributed by atoms with van der Waals surface area (Å²) in [6.07, 6.45) is 5.20. The molecule has 5 heteroatoms. The topological polar surface area (TPSA) is 63.7 Å². The summed E-state index contributed by atoms with van der Waals surface area (Å²) in [5.41, 5.74) is 2.06. The Hall–Kier alpha value is -2.95. The van der Waals surface area contributed by atoms with Crippen LogP contribution in [-0.4, -0.2) is 24.4 Å². The summed E-state index contributed by atoms with van der Waals surface area (Å²) in [5.74, 6) is -0.977. The second-order valence-corrected chi connectivity index (χ2v) is 8.54. The minimum Gasteiger partial charge on any atom is -0.462 e. The molecule has 0 aromatic heterocycles. The Morgan fingerprint density at radius 3 is 2.52 bits per heavy atom. The molecule has 1 aliphatic heterocycles. The van der Waals surface area contributed by atoms with Crippen LogP contribution in [0.1, 0.15) is 67.3 Å².